The van der Waals surface area contributed by atoms with Crippen molar-refractivity contribution in [3.05, 3.63) is 33.9 Å². The number of nitro benzene ring substituents is 1. The zero-order chi connectivity index (χ0) is 14.4. The Kier molecular flexibility index (Phi) is 5.62. The van der Waals surface area contributed by atoms with E-state index in [1.807, 2.05) is 13.2 Å². The third-order valence-corrected chi connectivity index (χ3v) is 3.35. The summed E-state index contributed by atoms with van der Waals surface area (Å²) in [6, 6.07) is 4.33. The molecule has 0 aliphatic rings. The Hall–Kier alpha value is -1.76. The van der Waals surface area contributed by atoms with Crippen molar-refractivity contribution in [1.29, 1.82) is 0 Å². The maximum atomic E-state index is 12.0. The minimum absolute atomic E-state index is 0.0452. The highest BCUT2D eigenvalue weighted by molar-refractivity contribution is 7.98. The van der Waals surface area contributed by atoms with E-state index in [2.05, 4.69) is 10.6 Å². The molecule has 0 saturated heterocycles. The van der Waals surface area contributed by atoms with Crippen LogP contribution in [0.5, 0.6) is 0 Å². The van der Waals surface area contributed by atoms with Gasteiger partial charge in [-0.2, -0.15) is 11.8 Å². The molecule has 0 saturated carbocycles. The minimum atomic E-state index is -0.482. The summed E-state index contributed by atoms with van der Waals surface area (Å²) in [5, 5.41) is 16.4. The number of anilines is 1. The van der Waals surface area contributed by atoms with Crippen LogP contribution in [0.25, 0.3) is 0 Å². The number of amides is 1. The van der Waals surface area contributed by atoms with Crippen molar-refractivity contribution in [1.82, 2.24) is 5.32 Å². The quantitative estimate of drug-likeness (QED) is 0.617. The topological polar surface area (TPSA) is 84.3 Å². The highest BCUT2D eigenvalue weighted by Crippen LogP contribution is 2.24. The van der Waals surface area contributed by atoms with Gasteiger partial charge in [0.1, 0.15) is 5.69 Å². The molecular weight excluding hydrogens is 266 g/mol. The Morgan fingerprint density at radius 3 is 2.74 bits per heavy atom. The Bertz CT molecular complexity index is 479. The Balaban J connectivity index is 2.90. The molecule has 0 bridgehead atoms. The Morgan fingerprint density at radius 2 is 2.21 bits per heavy atom. The smallest absolute Gasteiger partial charge is 0.292 e. The monoisotopic (exact) mass is 283 g/mol. The number of hydrogen-bond acceptors (Lipinski definition) is 5. The largest absolute Gasteiger partial charge is 0.383 e. The van der Waals surface area contributed by atoms with Gasteiger partial charge in [-0.05, 0) is 25.3 Å². The van der Waals surface area contributed by atoms with Crippen LogP contribution in [0.4, 0.5) is 11.4 Å². The molecule has 6 nitrogen and oxygen atoms in total. The predicted molar refractivity (Wildman–Crippen MR) is 78.0 cm³/mol. The van der Waals surface area contributed by atoms with Gasteiger partial charge in [-0.1, -0.05) is 0 Å². The average molecular weight is 283 g/mol. The fourth-order valence-corrected chi connectivity index (χ4v) is 2.22. The van der Waals surface area contributed by atoms with Crippen LogP contribution in [0.2, 0.25) is 0 Å². The van der Waals surface area contributed by atoms with Gasteiger partial charge in [-0.25, -0.2) is 0 Å². The molecule has 104 valence electrons. The van der Waals surface area contributed by atoms with Crippen LogP contribution in [0.1, 0.15) is 17.3 Å². The van der Waals surface area contributed by atoms with Crippen molar-refractivity contribution >= 4 is 29.0 Å². The van der Waals surface area contributed by atoms with Crippen LogP contribution in [-0.2, 0) is 0 Å². The summed E-state index contributed by atoms with van der Waals surface area (Å²) in [5.74, 6) is 0.588. The van der Waals surface area contributed by atoms with Gasteiger partial charge in [-0.15, -0.1) is 0 Å². The third-order valence-electron chi connectivity index (χ3n) is 2.52. The van der Waals surface area contributed by atoms with Gasteiger partial charge in [0, 0.05) is 30.5 Å². The second-order valence-electron chi connectivity index (χ2n) is 4.07. The number of benzene rings is 1. The van der Waals surface area contributed by atoms with Crippen LogP contribution in [0, 0.1) is 10.1 Å². The number of carbonyl (C=O) groups excluding carboxylic acids is 1. The Morgan fingerprint density at radius 1 is 1.53 bits per heavy atom. The van der Waals surface area contributed by atoms with E-state index in [1.54, 1.807) is 18.8 Å². The predicted octanol–water partition coefficient (Wildman–Crippen LogP) is 2.12. The van der Waals surface area contributed by atoms with Crippen molar-refractivity contribution in [3.8, 4) is 0 Å². The lowest BCUT2D eigenvalue weighted by atomic mass is 10.1. The van der Waals surface area contributed by atoms with E-state index in [4.69, 9.17) is 0 Å². The van der Waals surface area contributed by atoms with E-state index in [9.17, 15) is 14.9 Å². The molecule has 7 heteroatoms. The van der Waals surface area contributed by atoms with E-state index in [1.165, 1.54) is 18.2 Å². The molecule has 0 radical (unpaired) electrons. The molecule has 0 spiro atoms. The zero-order valence-corrected chi connectivity index (χ0v) is 11.9. The number of rotatable bonds is 6. The Labute approximate surface area is 116 Å². The van der Waals surface area contributed by atoms with Gasteiger partial charge in [0.2, 0.25) is 0 Å². The summed E-state index contributed by atoms with van der Waals surface area (Å²) in [6.45, 7) is 1.92. The van der Waals surface area contributed by atoms with Crippen molar-refractivity contribution in [2.75, 3.05) is 24.4 Å². The van der Waals surface area contributed by atoms with Gasteiger partial charge in [0.25, 0.3) is 11.6 Å². The molecule has 1 amide bonds. The number of carbonyl (C=O) groups is 1. The molecule has 0 fully saturated rings. The van der Waals surface area contributed by atoms with Gasteiger partial charge in [0.15, 0.2) is 0 Å². The SMILES string of the molecule is CNc1cc(C(=O)NC(C)CSC)ccc1[N+](=O)[O-]. The number of hydrogen-bond donors (Lipinski definition) is 2. The normalized spacial score (nSPS) is 11.7. The molecule has 2 N–H and O–H groups in total. The first-order valence-electron chi connectivity index (χ1n) is 5.75. The lowest BCUT2D eigenvalue weighted by molar-refractivity contribution is -0.383. The standard InChI is InChI=1S/C12H17N3O3S/c1-8(7-19-3)14-12(16)9-4-5-11(15(17)18)10(6-9)13-2/h4-6,8,13H,7H2,1-3H3,(H,14,16). The van der Waals surface area contributed by atoms with Crippen LogP contribution in [-0.4, -0.2) is 35.9 Å². The summed E-state index contributed by atoms with van der Waals surface area (Å²) in [6.07, 6.45) is 1.97. The second kappa shape index (κ2) is 6.98. The molecule has 1 atom stereocenters. The maximum absolute atomic E-state index is 12.0. The van der Waals surface area contributed by atoms with E-state index in [-0.39, 0.29) is 17.6 Å². The van der Waals surface area contributed by atoms with E-state index in [0.29, 0.717) is 11.3 Å². The van der Waals surface area contributed by atoms with Crippen LogP contribution < -0.4 is 10.6 Å². The van der Waals surface area contributed by atoms with Crippen LogP contribution in [0.15, 0.2) is 18.2 Å². The van der Waals surface area contributed by atoms with Gasteiger partial charge in [-0.3, -0.25) is 14.9 Å². The average Bonchev–Trinajstić information content (AvgIpc) is 2.37. The fraction of sp³-hybridized carbons (Fsp3) is 0.417. The molecule has 19 heavy (non-hydrogen) atoms. The molecule has 1 unspecified atom stereocenters. The highest BCUT2D eigenvalue weighted by atomic mass is 32.2. The van der Waals surface area contributed by atoms with Crippen LogP contribution >= 0.6 is 11.8 Å². The number of nitrogens with zero attached hydrogens (tertiary/aromatic N) is 1. The van der Waals surface area contributed by atoms with Crippen molar-refractivity contribution in [2.24, 2.45) is 0 Å². The number of nitro groups is 1. The molecule has 0 heterocycles. The summed E-state index contributed by atoms with van der Waals surface area (Å²) in [7, 11) is 1.58. The van der Waals surface area contributed by atoms with Crippen molar-refractivity contribution in [3.63, 3.8) is 0 Å². The third kappa shape index (κ3) is 4.13. The highest BCUT2D eigenvalue weighted by Gasteiger charge is 2.16. The van der Waals surface area contributed by atoms with E-state index < -0.39 is 4.92 Å². The van der Waals surface area contributed by atoms with Gasteiger partial charge < -0.3 is 10.6 Å². The fourth-order valence-electron chi connectivity index (χ4n) is 1.64. The van der Waals surface area contributed by atoms with Gasteiger partial charge in [0.05, 0.1) is 4.92 Å². The summed E-state index contributed by atoms with van der Waals surface area (Å²) in [5.41, 5.74) is 0.689. The van der Waals surface area contributed by atoms with Crippen molar-refractivity contribution < 1.29 is 9.72 Å². The van der Waals surface area contributed by atoms with Gasteiger partial charge >= 0.3 is 0 Å². The van der Waals surface area contributed by atoms with E-state index >= 15 is 0 Å². The first-order chi connectivity index (χ1) is 8.99. The van der Waals surface area contributed by atoms with E-state index in [0.717, 1.165) is 5.75 Å². The molecule has 1 aromatic rings. The summed E-state index contributed by atoms with van der Waals surface area (Å²) < 4.78 is 0. The van der Waals surface area contributed by atoms with Crippen molar-refractivity contribution in [2.45, 2.75) is 13.0 Å². The minimum Gasteiger partial charge on any atom is -0.383 e. The first-order valence-corrected chi connectivity index (χ1v) is 7.15. The molecule has 1 aromatic carbocycles. The molecule has 0 aliphatic heterocycles. The molecular formula is C12H17N3O3S. The molecule has 0 aromatic heterocycles. The lowest BCUT2D eigenvalue weighted by Crippen LogP contribution is -2.34. The summed E-state index contributed by atoms with van der Waals surface area (Å²) >= 11 is 1.64. The first kappa shape index (κ1) is 15.3. The molecule has 1 rings (SSSR count). The second-order valence-corrected chi connectivity index (χ2v) is 4.98. The van der Waals surface area contributed by atoms with Crippen LogP contribution in [0.3, 0.4) is 0 Å². The maximum Gasteiger partial charge on any atom is 0.292 e. The number of thioether (sulfide) groups is 1. The summed E-state index contributed by atoms with van der Waals surface area (Å²) in [4.78, 5) is 22.3. The molecule has 0 aliphatic carbocycles. The lowest BCUT2D eigenvalue weighted by Gasteiger charge is -2.13. The number of nitrogens with one attached hydrogen (secondary N) is 2. The zero-order valence-electron chi connectivity index (χ0n) is 11.1.